The molecule has 0 spiro atoms. The summed E-state index contributed by atoms with van der Waals surface area (Å²) in [5, 5.41) is 2.53. The van der Waals surface area contributed by atoms with Gasteiger partial charge in [-0.3, -0.25) is 9.69 Å². The highest BCUT2D eigenvalue weighted by Crippen LogP contribution is 2.19. The Morgan fingerprint density at radius 2 is 2.25 bits per heavy atom. The molecule has 1 N–H and O–H groups in total. The average molecular weight is 238 g/mol. The van der Waals surface area contributed by atoms with Gasteiger partial charge in [-0.2, -0.15) is 0 Å². The molecule has 1 aromatic heterocycles. The first-order valence-corrected chi connectivity index (χ1v) is 6.05. The molecular weight excluding hydrogens is 224 g/mol. The van der Waals surface area contributed by atoms with Gasteiger partial charge in [0.2, 0.25) is 5.91 Å². The number of hydrogen-bond acceptors (Lipinski definition) is 3. The molecule has 0 aromatic carbocycles. The fourth-order valence-electron chi connectivity index (χ4n) is 1.86. The summed E-state index contributed by atoms with van der Waals surface area (Å²) >= 11 is 1.71. The topological polar surface area (TPSA) is 49.4 Å². The molecule has 3 amide bonds. The number of nitrogens with zero attached hydrogens (tertiary/aromatic N) is 1. The predicted molar refractivity (Wildman–Crippen MR) is 62.5 cm³/mol. The lowest BCUT2D eigenvalue weighted by molar-refractivity contribution is -0.126. The maximum atomic E-state index is 11.5. The summed E-state index contributed by atoms with van der Waals surface area (Å²) in [5.74, 6) is -0.134. The highest BCUT2D eigenvalue weighted by atomic mass is 32.1. The molecule has 1 saturated heterocycles. The van der Waals surface area contributed by atoms with Gasteiger partial charge < -0.3 is 5.32 Å². The predicted octanol–water partition coefficient (Wildman–Crippen LogP) is 1.54. The van der Waals surface area contributed by atoms with E-state index in [0.29, 0.717) is 0 Å². The molecule has 5 heteroatoms. The molecule has 2 rings (SSSR count). The fraction of sp³-hybridized carbons (Fsp3) is 0.455. The average Bonchev–Trinajstić information content (AvgIpc) is 2.74. The van der Waals surface area contributed by atoms with E-state index in [4.69, 9.17) is 0 Å². The maximum Gasteiger partial charge on any atom is 0.324 e. The Labute approximate surface area is 98.3 Å². The second-order valence-corrected chi connectivity index (χ2v) is 5.36. The van der Waals surface area contributed by atoms with Gasteiger partial charge in [0.1, 0.15) is 0 Å². The lowest BCUT2D eigenvalue weighted by Gasteiger charge is -2.20. The molecule has 86 valence electrons. The van der Waals surface area contributed by atoms with E-state index in [9.17, 15) is 9.59 Å². The summed E-state index contributed by atoms with van der Waals surface area (Å²) in [4.78, 5) is 26.7. The first kappa shape index (κ1) is 11.1. The second-order valence-electron chi connectivity index (χ2n) is 3.99. The zero-order valence-electron chi connectivity index (χ0n) is 9.32. The molecule has 1 aromatic rings. The van der Waals surface area contributed by atoms with Gasteiger partial charge in [0.05, 0.1) is 6.54 Å². The van der Waals surface area contributed by atoms with Gasteiger partial charge in [-0.25, -0.2) is 4.79 Å². The summed E-state index contributed by atoms with van der Waals surface area (Å²) in [5.41, 5.74) is 0. The molecule has 0 saturated carbocycles. The third-order valence-electron chi connectivity index (χ3n) is 2.61. The summed E-state index contributed by atoms with van der Waals surface area (Å²) in [6, 6.07) is 3.76. The van der Waals surface area contributed by atoms with E-state index in [0.717, 1.165) is 6.42 Å². The van der Waals surface area contributed by atoms with E-state index in [1.165, 1.54) is 14.7 Å². The summed E-state index contributed by atoms with van der Waals surface area (Å²) in [6.45, 7) is 4.08. The van der Waals surface area contributed by atoms with Crippen molar-refractivity contribution in [2.45, 2.75) is 26.3 Å². The van der Waals surface area contributed by atoms with Crippen molar-refractivity contribution in [3.05, 3.63) is 21.9 Å². The summed E-state index contributed by atoms with van der Waals surface area (Å²) in [6.07, 6.45) is 0.734. The normalized spacial score (nSPS) is 17.8. The number of thiophene rings is 1. The number of aryl methyl sites for hydroxylation is 1. The third-order valence-corrected chi connectivity index (χ3v) is 3.63. The lowest BCUT2D eigenvalue weighted by Crippen LogP contribution is -2.39. The van der Waals surface area contributed by atoms with Crippen molar-refractivity contribution in [2.75, 3.05) is 6.54 Å². The number of rotatable bonds is 3. The fourth-order valence-corrected chi connectivity index (χ4v) is 2.87. The Bertz CT molecular complexity index is 411. The van der Waals surface area contributed by atoms with Crippen molar-refractivity contribution in [1.29, 1.82) is 0 Å². The molecular formula is C11H14N2O2S. The minimum atomic E-state index is -0.272. The summed E-state index contributed by atoms with van der Waals surface area (Å²) < 4.78 is 0. The monoisotopic (exact) mass is 238 g/mol. The number of nitrogens with one attached hydrogen (secondary N) is 1. The molecule has 0 aliphatic carbocycles. The summed E-state index contributed by atoms with van der Waals surface area (Å²) in [7, 11) is 0. The second kappa shape index (κ2) is 4.25. The van der Waals surface area contributed by atoms with Gasteiger partial charge >= 0.3 is 6.03 Å². The van der Waals surface area contributed by atoms with Crippen molar-refractivity contribution >= 4 is 23.3 Å². The van der Waals surface area contributed by atoms with Crippen LogP contribution in [0.1, 0.15) is 16.7 Å². The SMILES string of the molecule is Cc1ccc(CC(C)N2C(=O)CNC2=O)s1. The zero-order valence-corrected chi connectivity index (χ0v) is 10.1. The van der Waals surface area contributed by atoms with E-state index in [2.05, 4.69) is 17.4 Å². The molecule has 0 radical (unpaired) electrons. The van der Waals surface area contributed by atoms with Crippen LogP contribution in [-0.4, -0.2) is 29.4 Å². The van der Waals surface area contributed by atoms with Crippen LogP contribution in [0, 0.1) is 6.92 Å². The van der Waals surface area contributed by atoms with E-state index in [-0.39, 0.29) is 24.5 Å². The van der Waals surface area contributed by atoms with Gasteiger partial charge in [0.25, 0.3) is 0 Å². The van der Waals surface area contributed by atoms with Crippen molar-refractivity contribution in [3.63, 3.8) is 0 Å². The highest BCUT2D eigenvalue weighted by molar-refractivity contribution is 7.11. The van der Waals surface area contributed by atoms with E-state index in [1.54, 1.807) is 11.3 Å². The Kier molecular flexibility index (Phi) is 2.96. The third kappa shape index (κ3) is 2.09. The molecule has 4 nitrogen and oxygen atoms in total. The van der Waals surface area contributed by atoms with Gasteiger partial charge in [-0.1, -0.05) is 0 Å². The Morgan fingerprint density at radius 3 is 2.75 bits per heavy atom. The van der Waals surface area contributed by atoms with Crippen LogP contribution in [0.25, 0.3) is 0 Å². The van der Waals surface area contributed by atoms with Crippen molar-refractivity contribution in [1.82, 2.24) is 10.2 Å². The van der Waals surface area contributed by atoms with Gasteiger partial charge in [0, 0.05) is 22.2 Å². The van der Waals surface area contributed by atoms with Gasteiger partial charge in [-0.15, -0.1) is 11.3 Å². The van der Waals surface area contributed by atoms with Gasteiger partial charge in [0.15, 0.2) is 0 Å². The Hall–Kier alpha value is -1.36. The van der Waals surface area contributed by atoms with Crippen LogP contribution in [0.5, 0.6) is 0 Å². The number of amides is 3. The van der Waals surface area contributed by atoms with Crippen LogP contribution < -0.4 is 5.32 Å². The number of carbonyl (C=O) groups is 2. The largest absolute Gasteiger partial charge is 0.329 e. The number of hydrogen-bond donors (Lipinski definition) is 1. The van der Waals surface area contributed by atoms with Crippen LogP contribution in [0.4, 0.5) is 4.79 Å². The Morgan fingerprint density at radius 1 is 1.50 bits per heavy atom. The minimum Gasteiger partial charge on any atom is -0.329 e. The number of urea groups is 1. The molecule has 1 atom stereocenters. The van der Waals surface area contributed by atoms with Crippen LogP contribution >= 0.6 is 11.3 Å². The molecule has 16 heavy (non-hydrogen) atoms. The van der Waals surface area contributed by atoms with E-state index < -0.39 is 0 Å². The van der Waals surface area contributed by atoms with Crippen molar-refractivity contribution < 1.29 is 9.59 Å². The minimum absolute atomic E-state index is 0.0759. The zero-order chi connectivity index (χ0) is 11.7. The van der Waals surface area contributed by atoms with E-state index >= 15 is 0 Å². The molecule has 1 aliphatic rings. The maximum absolute atomic E-state index is 11.5. The lowest BCUT2D eigenvalue weighted by atomic mass is 10.2. The van der Waals surface area contributed by atoms with Crippen LogP contribution in [0.15, 0.2) is 12.1 Å². The molecule has 1 fully saturated rings. The quantitative estimate of drug-likeness (QED) is 0.812. The van der Waals surface area contributed by atoms with Gasteiger partial charge in [-0.05, 0) is 26.0 Å². The molecule has 1 unspecified atom stereocenters. The van der Waals surface area contributed by atoms with Crippen molar-refractivity contribution in [2.24, 2.45) is 0 Å². The molecule has 1 aliphatic heterocycles. The molecule has 2 heterocycles. The van der Waals surface area contributed by atoms with Crippen LogP contribution in [0.2, 0.25) is 0 Å². The van der Waals surface area contributed by atoms with Crippen LogP contribution in [-0.2, 0) is 11.2 Å². The van der Waals surface area contributed by atoms with E-state index in [1.807, 2.05) is 13.8 Å². The standard InChI is InChI=1S/C11H14N2O2S/c1-7(5-9-4-3-8(2)16-9)13-10(14)6-12-11(13)15/h3-4,7H,5-6H2,1-2H3,(H,12,15). The number of imide groups is 1. The first-order valence-electron chi connectivity index (χ1n) is 5.23. The highest BCUT2D eigenvalue weighted by Gasteiger charge is 2.32. The number of carbonyl (C=O) groups excluding carboxylic acids is 2. The van der Waals surface area contributed by atoms with Crippen LogP contribution in [0.3, 0.4) is 0 Å². The Balaban J connectivity index is 2.05. The molecule has 0 bridgehead atoms. The van der Waals surface area contributed by atoms with Crippen molar-refractivity contribution in [3.8, 4) is 0 Å². The smallest absolute Gasteiger partial charge is 0.324 e. The first-order chi connectivity index (χ1) is 7.58.